The molecule has 6 aliphatic rings. The highest BCUT2D eigenvalue weighted by atomic mass is 16.5. The van der Waals surface area contributed by atoms with Crippen molar-refractivity contribution in [3.8, 4) is 0 Å². The molecular formula is C38H56O7. The molecule has 0 aromatic carbocycles. The number of esters is 1. The van der Waals surface area contributed by atoms with Crippen molar-refractivity contribution in [3.63, 3.8) is 0 Å². The summed E-state index contributed by atoms with van der Waals surface area (Å²) in [5, 5.41) is 20.0. The van der Waals surface area contributed by atoms with Crippen LogP contribution in [0.3, 0.4) is 0 Å². The molecule has 0 saturated heterocycles. The molecule has 5 fully saturated rings. The van der Waals surface area contributed by atoms with E-state index < -0.39 is 29.2 Å². The standard InChI is InChI=1S/C38H56O7/c1-33(2)27-12-15-38(7)29(36(27,5)14-13-28(33)45-31(42)23-11-9-8-10-22(23)30(40)41)26(39)20-24-25-21-35(4,32(43)44)17-16-34(25,3)18-19-37(24,38)6/h20,22-23,25,27-29H,8-19,21H2,1-7H3,(H,40,41)(H,43,44)/t22-,23+,25+,27+,28+,29-,34-,35+,36+,37-,38-/m1/s1. The van der Waals surface area contributed by atoms with Crippen LogP contribution in [0.15, 0.2) is 11.6 Å². The largest absolute Gasteiger partial charge is 0.481 e. The van der Waals surface area contributed by atoms with Crippen molar-refractivity contribution in [2.24, 2.45) is 62.1 Å². The maximum absolute atomic E-state index is 14.6. The van der Waals surface area contributed by atoms with Crippen molar-refractivity contribution in [2.45, 2.75) is 138 Å². The molecule has 0 unspecified atom stereocenters. The number of ether oxygens (including phenoxy) is 1. The Kier molecular flexibility index (Phi) is 7.58. The Bertz CT molecular complexity index is 1330. The van der Waals surface area contributed by atoms with Crippen molar-refractivity contribution >= 4 is 23.7 Å². The molecule has 0 heterocycles. The van der Waals surface area contributed by atoms with Crippen LogP contribution >= 0.6 is 0 Å². The van der Waals surface area contributed by atoms with Gasteiger partial charge in [0.05, 0.1) is 17.3 Å². The minimum atomic E-state index is -0.903. The smallest absolute Gasteiger partial charge is 0.310 e. The van der Waals surface area contributed by atoms with E-state index in [0.717, 1.165) is 51.4 Å². The summed E-state index contributed by atoms with van der Waals surface area (Å²) in [6.45, 7) is 15.7. The number of hydrogen-bond acceptors (Lipinski definition) is 5. The van der Waals surface area contributed by atoms with E-state index in [-0.39, 0.29) is 62.7 Å². The normalized spacial score (nSPS) is 48.9. The predicted molar refractivity (Wildman–Crippen MR) is 170 cm³/mol. The number of carboxylic acids is 2. The van der Waals surface area contributed by atoms with Crippen LogP contribution in [-0.2, 0) is 23.9 Å². The van der Waals surface area contributed by atoms with Gasteiger partial charge in [0.15, 0.2) is 5.78 Å². The van der Waals surface area contributed by atoms with E-state index in [1.54, 1.807) is 0 Å². The quantitative estimate of drug-likeness (QED) is 0.306. The summed E-state index contributed by atoms with van der Waals surface area (Å²) in [5.74, 6) is -2.91. The number of carboxylic acid groups (broad SMARTS) is 2. The molecule has 0 aromatic heterocycles. The second kappa shape index (κ2) is 10.4. The maximum Gasteiger partial charge on any atom is 0.310 e. The number of hydrogen-bond donors (Lipinski definition) is 2. The molecule has 7 heteroatoms. The van der Waals surface area contributed by atoms with E-state index in [4.69, 9.17) is 4.74 Å². The van der Waals surface area contributed by atoms with Crippen LogP contribution in [0.4, 0.5) is 0 Å². The fourth-order valence-corrected chi connectivity index (χ4v) is 12.5. The second-order valence-corrected chi connectivity index (χ2v) is 18.2. The lowest BCUT2D eigenvalue weighted by atomic mass is 9.33. The summed E-state index contributed by atoms with van der Waals surface area (Å²) in [6.07, 6.45) is 12.0. The first kappa shape index (κ1) is 32.7. The van der Waals surface area contributed by atoms with Crippen molar-refractivity contribution in [1.82, 2.24) is 0 Å². The van der Waals surface area contributed by atoms with Crippen molar-refractivity contribution in [3.05, 3.63) is 11.6 Å². The summed E-state index contributed by atoms with van der Waals surface area (Å²) in [6, 6.07) is 0. The van der Waals surface area contributed by atoms with Gasteiger partial charge in [-0.05, 0) is 117 Å². The Morgan fingerprint density at radius 3 is 2.09 bits per heavy atom. The third-order valence-electron chi connectivity index (χ3n) is 15.7. The van der Waals surface area contributed by atoms with Crippen molar-refractivity contribution in [2.75, 3.05) is 0 Å². The topological polar surface area (TPSA) is 118 Å². The fraction of sp³-hybridized carbons (Fsp3) is 0.842. The number of carbonyl (C=O) groups excluding carboxylic acids is 2. The first-order valence-corrected chi connectivity index (χ1v) is 17.8. The molecule has 250 valence electrons. The molecule has 5 saturated carbocycles. The van der Waals surface area contributed by atoms with Gasteiger partial charge >= 0.3 is 17.9 Å². The van der Waals surface area contributed by atoms with Crippen molar-refractivity contribution < 1.29 is 34.1 Å². The van der Waals surface area contributed by atoms with Gasteiger partial charge in [0.25, 0.3) is 0 Å². The van der Waals surface area contributed by atoms with E-state index in [2.05, 4.69) is 41.5 Å². The zero-order chi connectivity index (χ0) is 33.0. The van der Waals surface area contributed by atoms with E-state index in [0.29, 0.717) is 32.1 Å². The molecular weight excluding hydrogens is 568 g/mol. The Morgan fingerprint density at radius 1 is 0.800 bits per heavy atom. The number of aliphatic carboxylic acids is 2. The molecule has 0 aliphatic heterocycles. The van der Waals surface area contributed by atoms with Gasteiger partial charge in [-0.1, -0.05) is 60.0 Å². The van der Waals surface area contributed by atoms with Gasteiger partial charge in [-0.3, -0.25) is 19.2 Å². The SMILES string of the molecule is CC1(C)[C@@H](OC(=O)[C@H]2CCCC[C@H]2C(=O)O)CC[C@]2(C)[C@H]3C(=O)C=C4[C@@H]5C[C@@](C)(C(=O)O)CC[C@]5(C)CC[C@@]4(C)[C@]3(C)CC[C@@H]12. The molecule has 7 nitrogen and oxygen atoms in total. The minimum absolute atomic E-state index is 0.0206. The number of fused-ring (bicyclic) bond motifs is 7. The average molecular weight is 625 g/mol. The van der Waals surface area contributed by atoms with Gasteiger partial charge in [0, 0.05) is 11.3 Å². The number of rotatable bonds is 4. The second-order valence-electron chi connectivity index (χ2n) is 18.2. The van der Waals surface area contributed by atoms with Gasteiger partial charge in [0.2, 0.25) is 0 Å². The lowest BCUT2D eigenvalue weighted by molar-refractivity contribution is -0.213. The summed E-state index contributed by atoms with van der Waals surface area (Å²) < 4.78 is 6.28. The molecule has 0 aromatic rings. The molecule has 6 aliphatic carbocycles. The van der Waals surface area contributed by atoms with Crippen LogP contribution in [0.25, 0.3) is 0 Å². The molecule has 6 rings (SSSR count). The third kappa shape index (κ3) is 4.54. The van der Waals surface area contributed by atoms with Crippen LogP contribution in [-0.4, -0.2) is 40.0 Å². The van der Waals surface area contributed by atoms with Crippen LogP contribution < -0.4 is 0 Å². The summed E-state index contributed by atoms with van der Waals surface area (Å²) in [7, 11) is 0. The Hall–Kier alpha value is -2.18. The number of carbonyl (C=O) groups is 4. The average Bonchev–Trinajstić information content (AvgIpc) is 2.96. The lowest BCUT2D eigenvalue weighted by Crippen LogP contribution is -2.66. The monoisotopic (exact) mass is 624 g/mol. The maximum atomic E-state index is 14.6. The third-order valence-corrected chi connectivity index (χ3v) is 15.7. The minimum Gasteiger partial charge on any atom is -0.481 e. The summed E-state index contributed by atoms with van der Waals surface area (Å²) >= 11 is 0. The van der Waals surface area contributed by atoms with Crippen LogP contribution in [0, 0.1) is 62.1 Å². The molecule has 11 atom stereocenters. The van der Waals surface area contributed by atoms with E-state index in [9.17, 15) is 29.4 Å². The molecule has 0 spiro atoms. The lowest BCUT2D eigenvalue weighted by Gasteiger charge is -2.70. The molecule has 0 amide bonds. The molecule has 45 heavy (non-hydrogen) atoms. The highest BCUT2D eigenvalue weighted by Crippen LogP contribution is 2.75. The highest BCUT2D eigenvalue weighted by Gasteiger charge is 2.70. The van der Waals surface area contributed by atoms with Gasteiger partial charge in [-0.25, -0.2) is 0 Å². The van der Waals surface area contributed by atoms with E-state index >= 15 is 0 Å². The Morgan fingerprint density at radius 2 is 1.44 bits per heavy atom. The van der Waals surface area contributed by atoms with Crippen LogP contribution in [0.2, 0.25) is 0 Å². The molecule has 0 bridgehead atoms. The van der Waals surface area contributed by atoms with E-state index in [1.165, 1.54) is 5.57 Å². The van der Waals surface area contributed by atoms with E-state index in [1.807, 2.05) is 13.0 Å². The van der Waals surface area contributed by atoms with Gasteiger partial charge in [-0.2, -0.15) is 0 Å². The summed E-state index contributed by atoms with van der Waals surface area (Å²) in [4.78, 5) is 52.4. The first-order chi connectivity index (χ1) is 20.8. The van der Waals surface area contributed by atoms with Gasteiger partial charge in [-0.15, -0.1) is 0 Å². The Balaban J connectivity index is 1.30. The van der Waals surface area contributed by atoms with Crippen LogP contribution in [0.1, 0.15) is 132 Å². The van der Waals surface area contributed by atoms with Crippen LogP contribution in [0.5, 0.6) is 0 Å². The predicted octanol–water partition coefficient (Wildman–Crippen LogP) is 7.85. The zero-order valence-electron chi connectivity index (χ0n) is 28.7. The van der Waals surface area contributed by atoms with Gasteiger partial charge < -0.3 is 14.9 Å². The summed E-state index contributed by atoms with van der Waals surface area (Å²) in [5.41, 5.74) is -0.576. The molecule has 0 radical (unpaired) electrons. The van der Waals surface area contributed by atoms with Gasteiger partial charge in [0.1, 0.15) is 6.10 Å². The fourth-order valence-electron chi connectivity index (χ4n) is 12.5. The zero-order valence-corrected chi connectivity index (χ0v) is 28.7. The number of allylic oxidation sites excluding steroid dienone is 2. The Labute approximate surface area is 269 Å². The first-order valence-electron chi connectivity index (χ1n) is 17.8. The van der Waals surface area contributed by atoms with Crippen molar-refractivity contribution in [1.29, 1.82) is 0 Å². The highest BCUT2D eigenvalue weighted by molar-refractivity contribution is 5.95. The number of ketones is 1. The molecule has 2 N–H and O–H groups in total.